The summed E-state index contributed by atoms with van der Waals surface area (Å²) < 4.78 is 6.41. The van der Waals surface area contributed by atoms with Crippen molar-refractivity contribution in [1.82, 2.24) is 14.5 Å². The number of aromatic amines is 1. The van der Waals surface area contributed by atoms with E-state index in [2.05, 4.69) is 31.2 Å². The number of amides is 1. The van der Waals surface area contributed by atoms with Crippen LogP contribution in [0.15, 0.2) is 15.5 Å². The summed E-state index contributed by atoms with van der Waals surface area (Å²) in [6.07, 6.45) is -0.666. The second-order valence-electron chi connectivity index (χ2n) is 5.86. The molecule has 2 N–H and O–H groups in total. The molecule has 0 saturated carbocycles. The minimum Gasteiger partial charge on any atom is -0.449 e. The van der Waals surface area contributed by atoms with Gasteiger partial charge in [-0.2, -0.15) is 4.98 Å². The molecule has 0 aliphatic carbocycles. The van der Waals surface area contributed by atoms with Crippen LogP contribution >= 0.6 is 15.9 Å². The molecule has 0 bridgehead atoms. The number of ether oxygens (including phenoxy) is 1. The first-order chi connectivity index (χ1) is 10.6. The van der Waals surface area contributed by atoms with E-state index in [-0.39, 0.29) is 29.5 Å². The molecule has 0 fully saturated rings. The minimum absolute atomic E-state index is 0.0291. The molecule has 1 amide bonds. The van der Waals surface area contributed by atoms with Crippen LogP contribution in [0.4, 0.5) is 10.7 Å². The number of aromatic nitrogens is 3. The average molecular weight is 385 g/mol. The fourth-order valence-electron chi connectivity index (χ4n) is 1.77. The molecule has 2 rings (SSSR count). The minimum atomic E-state index is -0.666. The number of H-pyrrole nitrogens is 1. The molecule has 0 aliphatic heterocycles. The molecule has 8 nitrogen and oxygen atoms in total. The van der Waals surface area contributed by atoms with E-state index >= 15 is 0 Å². The highest BCUT2D eigenvalue weighted by Gasteiger charge is 2.23. The number of hydrogen-bond donors (Lipinski definition) is 2. The summed E-state index contributed by atoms with van der Waals surface area (Å²) in [7, 11) is 0. The molecule has 0 radical (unpaired) electrons. The number of carbonyl (C=O) groups excluding carboxylic acids is 2. The number of fused-ring (bicyclic) bond motifs is 1. The first-order valence-corrected chi connectivity index (χ1v) is 7.74. The predicted molar refractivity (Wildman–Crippen MR) is 88.6 cm³/mol. The Bertz CT molecular complexity index is 832. The highest BCUT2D eigenvalue weighted by Crippen LogP contribution is 2.22. The molecule has 2 aromatic rings. The van der Waals surface area contributed by atoms with Crippen molar-refractivity contribution in [2.45, 2.75) is 27.7 Å². The SMILES string of the molecule is CCOC(=O)n1c(Br)cc2c(=O)[nH]c(NC(=O)C(C)(C)C)nc21. The van der Waals surface area contributed by atoms with Crippen molar-refractivity contribution in [3.63, 3.8) is 0 Å². The summed E-state index contributed by atoms with van der Waals surface area (Å²) in [6, 6.07) is 1.47. The van der Waals surface area contributed by atoms with Crippen molar-refractivity contribution in [3.8, 4) is 0 Å². The third-order valence-corrected chi connectivity index (χ3v) is 3.57. The van der Waals surface area contributed by atoms with Crippen molar-refractivity contribution in [2.24, 2.45) is 5.41 Å². The van der Waals surface area contributed by atoms with Crippen LogP contribution in [0.2, 0.25) is 0 Å². The lowest BCUT2D eigenvalue weighted by molar-refractivity contribution is -0.123. The number of nitrogens with one attached hydrogen (secondary N) is 2. The van der Waals surface area contributed by atoms with E-state index in [0.29, 0.717) is 4.60 Å². The van der Waals surface area contributed by atoms with Gasteiger partial charge in [0.25, 0.3) is 5.56 Å². The van der Waals surface area contributed by atoms with Crippen LogP contribution in [0.3, 0.4) is 0 Å². The molecule has 124 valence electrons. The third-order valence-electron chi connectivity index (χ3n) is 2.99. The number of carbonyl (C=O) groups is 2. The smallest absolute Gasteiger partial charge is 0.420 e. The van der Waals surface area contributed by atoms with Crippen LogP contribution in [0, 0.1) is 5.41 Å². The van der Waals surface area contributed by atoms with E-state index in [1.807, 2.05) is 0 Å². The highest BCUT2D eigenvalue weighted by molar-refractivity contribution is 9.10. The Morgan fingerprint density at radius 2 is 2.09 bits per heavy atom. The van der Waals surface area contributed by atoms with Gasteiger partial charge in [0.2, 0.25) is 11.9 Å². The summed E-state index contributed by atoms with van der Waals surface area (Å²) in [5.41, 5.74) is -1.02. The number of halogens is 1. The summed E-state index contributed by atoms with van der Waals surface area (Å²) in [6.45, 7) is 7.05. The third kappa shape index (κ3) is 3.44. The van der Waals surface area contributed by atoms with Crippen molar-refractivity contribution in [1.29, 1.82) is 0 Å². The summed E-state index contributed by atoms with van der Waals surface area (Å²) in [4.78, 5) is 42.8. The maximum absolute atomic E-state index is 12.1. The number of anilines is 1. The molecule has 2 aromatic heterocycles. The first kappa shape index (κ1) is 17.2. The number of rotatable bonds is 2. The van der Waals surface area contributed by atoms with Crippen LogP contribution in [-0.4, -0.2) is 33.1 Å². The van der Waals surface area contributed by atoms with Gasteiger partial charge >= 0.3 is 6.09 Å². The highest BCUT2D eigenvalue weighted by atomic mass is 79.9. The maximum Gasteiger partial charge on any atom is 0.420 e. The fraction of sp³-hybridized carbons (Fsp3) is 0.429. The van der Waals surface area contributed by atoms with Gasteiger partial charge in [0.05, 0.1) is 16.6 Å². The molecular weight excluding hydrogens is 368 g/mol. The molecule has 0 unspecified atom stereocenters. The Morgan fingerprint density at radius 3 is 2.65 bits per heavy atom. The van der Waals surface area contributed by atoms with Gasteiger partial charge in [-0.3, -0.25) is 19.9 Å². The van der Waals surface area contributed by atoms with Gasteiger partial charge in [-0.25, -0.2) is 9.36 Å². The summed E-state index contributed by atoms with van der Waals surface area (Å²) in [5, 5.41) is 2.74. The molecule has 0 atom stereocenters. The van der Waals surface area contributed by atoms with Crippen molar-refractivity contribution in [2.75, 3.05) is 11.9 Å². The zero-order valence-corrected chi connectivity index (χ0v) is 14.8. The zero-order chi connectivity index (χ0) is 17.4. The Kier molecular flexibility index (Phi) is 4.60. The second kappa shape index (κ2) is 6.15. The van der Waals surface area contributed by atoms with Crippen molar-refractivity contribution >= 4 is 44.9 Å². The van der Waals surface area contributed by atoms with E-state index in [1.54, 1.807) is 27.7 Å². The molecule has 2 heterocycles. The molecule has 23 heavy (non-hydrogen) atoms. The van der Waals surface area contributed by atoms with E-state index in [0.717, 1.165) is 4.57 Å². The van der Waals surface area contributed by atoms with Gasteiger partial charge < -0.3 is 4.74 Å². The maximum atomic E-state index is 12.1. The van der Waals surface area contributed by atoms with Gasteiger partial charge in [0, 0.05) is 5.41 Å². The van der Waals surface area contributed by atoms with Crippen LogP contribution in [0.1, 0.15) is 27.7 Å². The standard InChI is InChI=1S/C14H17BrN4O4/c1-5-23-13(22)19-8(15)6-7-9(19)16-12(17-10(7)20)18-11(21)14(2,3)4/h6H,5H2,1-4H3,(H2,16,17,18,20,21). The Balaban J connectivity index is 2.55. The summed E-state index contributed by atoms with van der Waals surface area (Å²) in [5.74, 6) is -0.341. The lowest BCUT2D eigenvalue weighted by Crippen LogP contribution is -2.29. The Hall–Kier alpha value is -2.16. The first-order valence-electron chi connectivity index (χ1n) is 6.95. The van der Waals surface area contributed by atoms with Crippen LogP contribution in [-0.2, 0) is 9.53 Å². The topological polar surface area (TPSA) is 106 Å². The van der Waals surface area contributed by atoms with Crippen molar-refractivity contribution < 1.29 is 14.3 Å². The zero-order valence-electron chi connectivity index (χ0n) is 13.2. The van der Waals surface area contributed by atoms with Crippen LogP contribution in [0.25, 0.3) is 11.0 Å². The molecular formula is C14H17BrN4O4. The largest absolute Gasteiger partial charge is 0.449 e. The molecule has 0 saturated heterocycles. The summed E-state index contributed by atoms with van der Waals surface area (Å²) >= 11 is 3.20. The molecule has 0 aliphatic rings. The Morgan fingerprint density at radius 1 is 1.43 bits per heavy atom. The van der Waals surface area contributed by atoms with E-state index < -0.39 is 17.1 Å². The molecule has 0 aromatic carbocycles. The lowest BCUT2D eigenvalue weighted by atomic mass is 9.96. The van der Waals surface area contributed by atoms with Gasteiger partial charge in [-0.15, -0.1) is 0 Å². The molecule has 0 spiro atoms. The van der Waals surface area contributed by atoms with E-state index in [9.17, 15) is 14.4 Å². The number of nitrogens with zero attached hydrogens (tertiary/aromatic N) is 2. The monoisotopic (exact) mass is 384 g/mol. The van der Waals surface area contributed by atoms with Crippen molar-refractivity contribution in [3.05, 3.63) is 21.0 Å². The molecule has 9 heteroatoms. The van der Waals surface area contributed by atoms with Crippen LogP contribution in [0.5, 0.6) is 0 Å². The van der Waals surface area contributed by atoms with Gasteiger partial charge in [-0.1, -0.05) is 20.8 Å². The van der Waals surface area contributed by atoms with E-state index in [4.69, 9.17) is 4.74 Å². The quantitative estimate of drug-likeness (QED) is 0.826. The van der Waals surface area contributed by atoms with Gasteiger partial charge in [0.1, 0.15) is 0 Å². The van der Waals surface area contributed by atoms with Gasteiger partial charge in [-0.05, 0) is 28.9 Å². The second-order valence-corrected chi connectivity index (χ2v) is 6.67. The van der Waals surface area contributed by atoms with Gasteiger partial charge in [0.15, 0.2) is 5.65 Å². The number of hydrogen-bond acceptors (Lipinski definition) is 5. The van der Waals surface area contributed by atoms with Crippen LogP contribution < -0.4 is 10.9 Å². The normalized spacial score (nSPS) is 11.5. The Labute approximate surface area is 140 Å². The van der Waals surface area contributed by atoms with E-state index in [1.165, 1.54) is 6.07 Å². The average Bonchev–Trinajstić information content (AvgIpc) is 2.75. The lowest BCUT2D eigenvalue weighted by Gasteiger charge is -2.16. The fourth-order valence-corrected chi connectivity index (χ4v) is 2.31. The predicted octanol–water partition coefficient (Wildman–Crippen LogP) is 2.48.